The van der Waals surface area contributed by atoms with E-state index in [1.54, 1.807) is 0 Å². The molecule has 0 aliphatic heterocycles. The zero-order chi connectivity index (χ0) is 11.2. The van der Waals surface area contributed by atoms with Crippen molar-refractivity contribution in [1.82, 2.24) is 0 Å². The summed E-state index contributed by atoms with van der Waals surface area (Å²) < 4.78 is 0. The van der Waals surface area contributed by atoms with E-state index in [1.807, 2.05) is 0 Å². The number of hydrogen-bond acceptors (Lipinski definition) is 0. The lowest BCUT2D eigenvalue weighted by molar-refractivity contribution is 0.579. The van der Waals surface area contributed by atoms with Crippen LogP contribution in [0.25, 0.3) is 0 Å². The summed E-state index contributed by atoms with van der Waals surface area (Å²) in [6, 6.07) is 0. The quantitative estimate of drug-likeness (QED) is 0.252. The van der Waals surface area contributed by atoms with Crippen molar-refractivity contribution in [1.29, 1.82) is 0 Å². The van der Waals surface area contributed by atoms with Crippen LogP contribution in [0.15, 0.2) is 12.2 Å². The largest absolute Gasteiger partial charge is 0.0928 e. The monoisotopic (exact) mass is 274 g/mol. The molecule has 0 unspecified atom stereocenters. The molecule has 0 amide bonds. The highest BCUT2D eigenvalue weighted by Crippen LogP contribution is 2.10. The first-order valence-corrected chi connectivity index (χ1v) is 7.75. The molecule has 90 valence electrons. The summed E-state index contributed by atoms with van der Waals surface area (Å²) in [6.07, 6.45) is 18.4. The van der Waals surface area contributed by atoms with Crippen molar-refractivity contribution in [2.45, 2.75) is 71.1 Å². The van der Waals surface area contributed by atoms with Gasteiger partial charge in [0.05, 0.1) is 0 Å². The summed E-state index contributed by atoms with van der Waals surface area (Å²) in [5.41, 5.74) is 0. The molecule has 0 saturated heterocycles. The van der Waals surface area contributed by atoms with E-state index < -0.39 is 0 Å². The number of hydrogen-bond donors (Lipinski definition) is 0. The highest BCUT2D eigenvalue weighted by molar-refractivity contribution is 9.09. The third-order valence-electron chi connectivity index (χ3n) is 2.66. The third kappa shape index (κ3) is 14.2. The van der Waals surface area contributed by atoms with Gasteiger partial charge < -0.3 is 0 Å². The zero-order valence-electron chi connectivity index (χ0n) is 10.3. The lowest BCUT2D eigenvalue weighted by atomic mass is 10.1. The van der Waals surface area contributed by atoms with E-state index in [-0.39, 0.29) is 0 Å². The molecule has 15 heavy (non-hydrogen) atoms. The molecule has 0 aliphatic rings. The Bertz CT molecular complexity index is 129. The summed E-state index contributed by atoms with van der Waals surface area (Å²) in [7, 11) is 0. The van der Waals surface area contributed by atoms with Crippen LogP contribution in [0, 0.1) is 0 Å². The Balaban J connectivity index is 2.89. The van der Waals surface area contributed by atoms with Gasteiger partial charge in [-0.15, -0.1) is 0 Å². The van der Waals surface area contributed by atoms with Crippen LogP contribution >= 0.6 is 15.9 Å². The number of rotatable bonds is 11. The molecule has 0 aromatic rings. The first-order valence-electron chi connectivity index (χ1n) is 6.62. The van der Waals surface area contributed by atoms with E-state index in [0.29, 0.717) is 0 Å². The third-order valence-corrected chi connectivity index (χ3v) is 3.22. The highest BCUT2D eigenvalue weighted by Gasteiger charge is 1.91. The van der Waals surface area contributed by atoms with Crippen molar-refractivity contribution in [3.05, 3.63) is 12.2 Å². The second kappa shape index (κ2) is 14.2. The molecule has 0 aromatic heterocycles. The Labute approximate surface area is 105 Å². The highest BCUT2D eigenvalue weighted by atomic mass is 79.9. The summed E-state index contributed by atoms with van der Waals surface area (Å²) in [5, 5.41) is 1.18. The molecule has 0 atom stereocenters. The van der Waals surface area contributed by atoms with Crippen LogP contribution in [0.1, 0.15) is 71.1 Å². The molecule has 0 aliphatic carbocycles. The average molecular weight is 275 g/mol. The minimum absolute atomic E-state index is 1.18. The van der Waals surface area contributed by atoms with Gasteiger partial charge in [0.15, 0.2) is 0 Å². The Hall–Kier alpha value is 0.220. The summed E-state index contributed by atoms with van der Waals surface area (Å²) in [5.74, 6) is 0. The Morgan fingerprint density at radius 3 is 1.80 bits per heavy atom. The molecule has 0 N–H and O–H groups in total. The van der Waals surface area contributed by atoms with E-state index in [4.69, 9.17) is 0 Å². The van der Waals surface area contributed by atoms with Crippen LogP contribution in [-0.2, 0) is 0 Å². The first kappa shape index (κ1) is 15.2. The van der Waals surface area contributed by atoms with Gasteiger partial charge in [0, 0.05) is 5.33 Å². The zero-order valence-corrected chi connectivity index (χ0v) is 11.9. The number of alkyl halides is 1. The predicted octanol–water partition coefficient (Wildman–Crippen LogP) is 5.86. The number of unbranched alkanes of at least 4 members (excludes halogenated alkanes) is 8. The van der Waals surface area contributed by atoms with Gasteiger partial charge in [-0.3, -0.25) is 0 Å². The normalized spacial score (nSPS) is 11.3. The van der Waals surface area contributed by atoms with Gasteiger partial charge in [-0.05, 0) is 25.7 Å². The van der Waals surface area contributed by atoms with E-state index in [2.05, 4.69) is 35.0 Å². The van der Waals surface area contributed by atoms with Gasteiger partial charge in [-0.1, -0.05) is 73.5 Å². The molecule has 0 saturated carbocycles. The fraction of sp³-hybridized carbons (Fsp3) is 0.857. The molecule has 0 aromatic carbocycles. The Morgan fingerprint density at radius 2 is 1.27 bits per heavy atom. The standard InChI is InChI=1S/C14H27Br/c1-2-3-4-5-6-7-8-9-10-11-12-13-14-15/h3-4H,2,5-14H2,1H3. The van der Waals surface area contributed by atoms with Crippen molar-refractivity contribution < 1.29 is 0 Å². The van der Waals surface area contributed by atoms with Crippen molar-refractivity contribution >= 4 is 15.9 Å². The van der Waals surface area contributed by atoms with Crippen LogP contribution in [-0.4, -0.2) is 5.33 Å². The molecule has 0 fully saturated rings. The molecule has 0 bridgehead atoms. The van der Waals surface area contributed by atoms with Crippen molar-refractivity contribution in [3.8, 4) is 0 Å². The molecule has 0 spiro atoms. The van der Waals surface area contributed by atoms with Gasteiger partial charge in [0.25, 0.3) is 0 Å². The van der Waals surface area contributed by atoms with E-state index >= 15 is 0 Å². The topological polar surface area (TPSA) is 0 Å². The van der Waals surface area contributed by atoms with E-state index in [9.17, 15) is 0 Å². The summed E-state index contributed by atoms with van der Waals surface area (Å²) >= 11 is 3.47. The molecular formula is C14H27Br. The summed E-state index contributed by atoms with van der Waals surface area (Å²) in [6.45, 7) is 2.20. The minimum Gasteiger partial charge on any atom is -0.0928 e. The summed E-state index contributed by atoms with van der Waals surface area (Å²) in [4.78, 5) is 0. The van der Waals surface area contributed by atoms with Gasteiger partial charge in [0.1, 0.15) is 0 Å². The van der Waals surface area contributed by atoms with Gasteiger partial charge in [-0.25, -0.2) is 0 Å². The first-order chi connectivity index (χ1) is 7.41. The van der Waals surface area contributed by atoms with Gasteiger partial charge >= 0.3 is 0 Å². The Kier molecular flexibility index (Phi) is 14.4. The molecule has 0 radical (unpaired) electrons. The van der Waals surface area contributed by atoms with Crippen LogP contribution in [0.4, 0.5) is 0 Å². The molecule has 1 heteroatoms. The van der Waals surface area contributed by atoms with Gasteiger partial charge in [-0.2, -0.15) is 0 Å². The van der Waals surface area contributed by atoms with Crippen molar-refractivity contribution in [2.24, 2.45) is 0 Å². The minimum atomic E-state index is 1.18. The number of allylic oxidation sites excluding steroid dienone is 2. The van der Waals surface area contributed by atoms with Crippen molar-refractivity contribution in [3.63, 3.8) is 0 Å². The fourth-order valence-corrected chi connectivity index (χ4v) is 2.10. The van der Waals surface area contributed by atoms with Crippen LogP contribution in [0.3, 0.4) is 0 Å². The van der Waals surface area contributed by atoms with Gasteiger partial charge in [0.2, 0.25) is 0 Å². The number of halogens is 1. The molecule has 0 heterocycles. The van der Waals surface area contributed by atoms with Crippen molar-refractivity contribution in [2.75, 3.05) is 5.33 Å². The second-order valence-electron chi connectivity index (χ2n) is 4.19. The molecular weight excluding hydrogens is 248 g/mol. The van der Waals surface area contributed by atoms with Crippen LogP contribution < -0.4 is 0 Å². The van der Waals surface area contributed by atoms with Crippen LogP contribution in [0.5, 0.6) is 0 Å². The smallest absolute Gasteiger partial charge is 0.00313 e. The maximum absolute atomic E-state index is 3.47. The second-order valence-corrected chi connectivity index (χ2v) is 4.98. The Morgan fingerprint density at radius 1 is 0.733 bits per heavy atom. The average Bonchev–Trinajstić information content (AvgIpc) is 2.26. The van der Waals surface area contributed by atoms with Crippen LogP contribution in [0.2, 0.25) is 0 Å². The predicted molar refractivity (Wildman–Crippen MR) is 74.8 cm³/mol. The maximum atomic E-state index is 3.47. The maximum Gasteiger partial charge on any atom is 0.00313 e. The van der Waals surface area contributed by atoms with E-state index in [0.717, 1.165) is 0 Å². The van der Waals surface area contributed by atoms with E-state index in [1.165, 1.54) is 69.5 Å². The molecule has 0 rings (SSSR count). The lowest BCUT2D eigenvalue weighted by Crippen LogP contribution is -1.81. The fourth-order valence-electron chi connectivity index (χ4n) is 1.70. The lowest BCUT2D eigenvalue weighted by Gasteiger charge is -2.00. The molecule has 0 nitrogen and oxygen atoms in total. The SMILES string of the molecule is CCC=CCCCCCCCCCCBr.